The zero-order valence-corrected chi connectivity index (χ0v) is 18.2. The lowest BCUT2D eigenvalue weighted by Crippen LogP contribution is -2.16. The lowest BCUT2D eigenvalue weighted by atomic mass is 10.1. The largest absolute Gasteiger partial charge is 0.497 e. The van der Waals surface area contributed by atoms with Crippen LogP contribution in [0.1, 0.15) is 11.1 Å². The van der Waals surface area contributed by atoms with Gasteiger partial charge >= 0.3 is 0 Å². The third-order valence-electron chi connectivity index (χ3n) is 4.94. The van der Waals surface area contributed by atoms with E-state index in [1.807, 2.05) is 50.2 Å². The molecule has 0 aliphatic heterocycles. The molecule has 1 heterocycles. The average molecular weight is 435 g/mol. The molecule has 3 aromatic carbocycles. The number of aromatic nitrogens is 2. The summed E-state index contributed by atoms with van der Waals surface area (Å²) in [4.78, 5) is 9.22. The summed E-state index contributed by atoms with van der Waals surface area (Å²) < 4.78 is 33.7. The molecule has 1 aromatic heterocycles. The van der Waals surface area contributed by atoms with Crippen molar-refractivity contribution in [1.82, 2.24) is 9.97 Å². The summed E-state index contributed by atoms with van der Waals surface area (Å²) in [6.07, 6.45) is 0. The van der Waals surface area contributed by atoms with Crippen LogP contribution in [0.15, 0.2) is 71.6 Å². The van der Waals surface area contributed by atoms with Crippen LogP contribution >= 0.6 is 0 Å². The summed E-state index contributed by atoms with van der Waals surface area (Å²) in [5, 5.41) is 3.20. The molecule has 0 fully saturated rings. The van der Waals surface area contributed by atoms with Crippen molar-refractivity contribution in [3.05, 3.63) is 77.9 Å². The van der Waals surface area contributed by atoms with Gasteiger partial charge in [0.25, 0.3) is 10.0 Å². The smallest absolute Gasteiger partial charge is 0.263 e. The van der Waals surface area contributed by atoms with Gasteiger partial charge in [0, 0.05) is 5.69 Å². The third kappa shape index (κ3) is 4.44. The Bertz CT molecular complexity index is 1350. The second-order valence-corrected chi connectivity index (χ2v) is 8.80. The molecular formula is C23H22N4O3S. The van der Waals surface area contributed by atoms with Crippen LogP contribution in [0.2, 0.25) is 0 Å². The molecular weight excluding hydrogens is 412 g/mol. The van der Waals surface area contributed by atoms with Gasteiger partial charge < -0.3 is 10.1 Å². The first-order valence-corrected chi connectivity index (χ1v) is 11.1. The third-order valence-corrected chi connectivity index (χ3v) is 6.30. The van der Waals surface area contributed by atoms with Gasteiger partial charge in [0.2, 0.25) is 0 Å². The summed E-state index contributed by atoms with van der Waals surface area (Å²) in [6.45, 7) is 4.04. The molecule has 4 rings (SSSR count). The maximum absolute atomic E-state index is 13.0. The fourth-order valence-corrected chi connectivity index (χ4v) is 4.06. The van der Waals surface area contributed by atoms with Gasteiger partial charge in [-0.15, -0.1) is 0 Å². The summed E-state index contributed by atoms with van der Waals surface area (Å²) in [5.74, 6) is 1.01. The van der Waals surface area contributed by atoms with Crippen molar-refractivity contribution in [2.45, 2.75) is 18.7 Å². The second kappa shape index (κ2) is 8.23. The van der Waals surface area contributed by atoms with Crippen LogP contribution < -0.4 is 14.8 Å². The van der Waals surface area contributed by atoms with Gasteiger partial charge in [0.05, 0.1) is 23.0 Å². The Kier molecular flexibility index (Phi) is 5.48. The number of ether oxygens (including phenoxy) is 1. The molecule has 0 saturated heterocycles. The second-order valence-electron chi connectivity index (χ2n) is 7.11. The number of methoxy groups -OCH3 is 1. The number of hydrogen-bond acceptors (Lipinski definition) is 6. The number of nitrogens with one attached hydrogen (secondary N) is 2. The highest BCUT2D eigenvalue weighted by atomic mass is 32.2. The molecule has 0 aliphatic rings. The fourth-order valence-electron chi connectivity index (χ4n) is 3.06. The van der Waals surface area contributed by atoms with Gasteiger partial charge in [-0.25, -0.2) is 18.4 Å². The number of aryl methyl sites for hydroxylation is 2. The molecule has 2 N–H and O–H groups in total. The monoisotopic (exact) mass is 434 g/mol. The molecule has 8 heteroatoms. The maximum Gasteiger partial charge on any atom is 0.263 e. The van der Waals surface area contributed by atoms with Gasteiger partial charge in [-0.05, 0) is 73.5 Å². The van der Waals surface area contributed by atoms with E-state index in [0.717, 1.165) is 16.8 Å². The number of nitrogens with zero attached hydrogens (tertiary/aromatic N) is 2. The minimum absolute atomic E-state index is 0.0976. The van der Waals surface area contributed by atoms with E-state index in [9.17, 15) is 8.42 Å². The quantitative estimate of drug-likeness (QED) is 0.453. The average Bonchev–Trinajstić information content (AvgIpc) is 2.76. The molecule has 158 valence electrons. The van der Waals surface area contributed by atoms with Gasteiger partial charge in [-0.1, -0.05) is 18.2 Å². The van der Waals surface area contributed by atoms with E-state index in [-0.39, 0.29) is 10.7 Å². The van der Waals surface area contributed by atoms with E-state index in [1.54, 1.807) is 18.2 Å². The number of hydrogen-bond donors (Lipinski definition) is 2. The molecule has 31 heavy (non-hydrogen) atoms. The van der Waals surface area contributed by atoms with E-state index in [0.29, 0.717) is 22.6 Å². The van der Waals surface area contributed by atoms with E-state index in [1.165, 1.54) is 19.2 Å². The Morgan fingerprint density at radius 3 is 2.06 bits per heavy atom. The summed E-state index contributed by atoms with van der Waals surface area (Å²) >= 11 is 0. The van der Waals surface area contributed by atoms with Crippen molar-refractivity contribution in [3.8, 4) is 5.75 Å². The highest BCUT2D eigenvalue weighted by molar-refractivity contribution is 7.92. The molecule has 7 nitrogen and oxygen atoms in total. The molecule has 0 spiro atoms. The van der Waals surface area contributed by atoms with Gasteiger partial charge in [-0.2, -0.15) is 0 Å². The predicted molar refractivity (Wildman–Crippen MR) is 123 cm³/mol. The minimum Gasteiger partial charge on any atom is -0.497 e. The number of fused-ring (bicyclic) bond motifs is 1. The van der Waals surface area contributed by atoms with Crippen LogP contribution in [0.4, 0.5) is 17.3 Å². The number of sulfonamides is 1. The maximum atomic E-state index is 13.0. The molecule has 0 amide bonds. The molecule has 4 aromatic rings. The van der Waals surface area contributed by atoms with Crippen molar-refractivity contribution in [2.75, 3.05) is 17.1 Å². The molecule has 0 radical (unpaired) electrons. The molecule has 0 unspecified atom stereocenters. The Labute approximate surface area is 181 Å². The first-order chi connectivity index (χ1) is 14.9. The summed E-state index contributed by atoms with van der Waals surface area (Å²) in [5.41, 5.74) is 4.30. The Hall–Kier alpha value is -3.65. The van der Waals surface area contributed by atoms with E-state index in [2.05, 4.69) is 20.0 Å². The highest BCUT2D eigenvalue weighted by Gasteiger charge is 2.19. The van der Waals surface area contributed by atoms with E-state index >= 15 is 0 Å². The van der Waals surface area contributed by atoms with Crippen LogP contribution in [0.25, 0.3) is 11.0 Å². The first-order valence-electron chi connectivity index (χ1n) is 9.64. The number of para-hydroxylation sites is 2. The van der Waals surface area contributed by atoms with Crippen LogP contribution in [0, 0.1) is 13.8 Å². The molecule has 0 aliphatic carbocycles. The number of rotatable bonds is 6. The molecule has 0 bridgehead atoms. The predicted octanol–water partition coefficient (Wildman–Crippen LogP) is 4.80. The normalized spacial score (nSPS) is 11.3. The van der Waals surface area contributed by atoms with Crippen LogP contribution in [-0.2, 0) is 10.0 Å². The van der Waals surface area contributed by atoms with Crippen LogP contribution in [0.5, 0.6) is 5.75 Å². The molecule has 0 saturated carbocycles. The SMILES string of the molecule is COc1ccc(S(=O)(=O)Nc2nc3ccccc3nc2Nc2ccc(C)c(C)c2)cc1. The molecule has 0 atom stereocenters. The number of anilines is 3. The highest BCUT2D eigenvalue weighted by Crippen LogP contribution is 2.28. The number of benzene rings is 3. The lowest BCUT2D eigenvalue weighted by Gasteiger charge is -2.14. The van der Waals surface area contributed by atoms with Crippen molar-refractivity contribution in [2.24, 2.45) is 0 Å². The first kappa shape index (κ1) is 20.6. The lowest BCUT2D eigenvalue weighted by molar-refractivity contribution is 0.414. The van der Waals surface area contributed by atoms with Crippen molar-refractivity contribution in [3.63, 3.8) is 0 Å². The summed E-state index contributed by atoms with van der Waals surface area (Å²) in [7, 11) is -2.36. The Morgan fingerprint density at radius 1 is 0.806 bits per heavy atom. The van der Waals surface area contributed by atoms with Crippen LogP contribution in [-0.4, -0.2) is 25.5 Å². The zero-order chi connectivity index (χ0) is 22.0. The van der Waals surface area contributed by atoms with Crippen molar-refractivity contribution in [1.29, 1.82) is 0 Å². The van der Waals surface area contributed by atoms with Gasteiger partial charge in [0.15, 0.2) is 11.6 Å². The zero-order valence-electron chi connectivity index (χ0n) is 17.4. The van der Waals surface area contributed by atoms with Crippen LogP contribution in [0.3, 0.4) is 0 Å². The minimum atomic E-state index is -3.88. The van der Waals surface area contributed by atoms with E-state index in [4.69, 9.17) is 4.74 Å². The topological polar surface area (TPSA) is 93.2 Å². The van der Waals surface area contributed by atoms with Crippen molar-refractivity contribution < 1.29 is 13.2 Å². The van der Waals surface area contributed by atoms with Crippen molar-refractivity contribution >= 4 is 38.4 Å². The van der Waals surface area contributed by atoms with Gasteiger partial charge in [0.1, 0.15) is 5.75 Å². The fraction of sp³-hybridized carbons (Fsp3) is 0.130. The Morgan fingerprint density at radius 2 is 1.45 bits per heavy atom. The van der Waals surface area contributed by atoms with Gasteiger partial charge in [-0.3, -0.25) is 4.72 Å². The summed E-state index contributed by atoms with van der Waals surface area (Å²) in [6, 6.07) is 19.3. The van der Waals surface area contributed by atoms with E-state index < -0.39 is 10.0 Å². The standard InChI is InChI=1S/C23H22N4O3S/c1-15-8-9-17(14-16(15)2)24-22-23(26-21-7-5-4-6-20(21)25-22)27-31(28,29)19-12-10-18(30-3)11-13-19/h4-14H,1-3H3,(H,24,25)(H,26,27). The Balaban J connectivity index is 1.75.